The lowest BCUT2D eigenvalue weighted by atomic mass is 9.78. The number of nitrogens with zero attached hydrogens (tertiary/aromatic N) is 7. The first-order valence-corrected chi connectivity index (χ1v) is 21.3. The first-order valence-electron chi connectivity index (χ1n) is 20.9. The van der Waals surface area contributed by atoms with Crippen LogP contribution < -0.4 is 25.6 Å². The van der Waals surface area contributed by atoms with Gasteiger partial charge in [-0.2, -0.15) is 0 Å². The number of aromatic nitrogens is 3. The van der Waals surface area contributed by atoms with E-state index in [1.807, 2.05) is 30.3 Å². The van der Waals surface area contributed by atoms with E-state index in [2.05, 4.69) is 71.4 Å². The van der Waals surface area contributed by atoms with Crippen molar-refractivity contribution < 1.29 is 23.9 Å². The van der Waals surface area contributed by atoms with Crippen molar-refractivity contribution in [3.63, 3.8) is 0 Å². The van der Waals surface area contributed by atoms with Crippen LogP contribution in [-0.2, 0) is 31.1 Å². The van der Waals surface area contributed by atoms with Crippen LogP contribution in [0, 0.1) is 12.5 Å². The van der Waals surface area contributed by atoms with E-state index in [1.54, 1.807) is 30.5 Å². The van der Waals surface area contributed by atoms with Gasteiger partial charge in [0, 0.05) is 62.3 Å². The minimum Gasteiger partial charge on any atom is -0.487 e. The van der Waals surface area contributed by atoms with Gasteiger partial charge < -0.3 is 29.9 Å². The zero-order chi connectivity index (χ0) is 42.8. The molecule has 0 spiro atoms. The Labute approximate surface area is 362 Å². The van der Waals surface area contributed by atoms with Gasteiger partial charge in [-0.1, -0.05) is 49.7 Å². The molecule has 15 nitrogen and oxygen atoms in total. The van der Waals surface area contributed by atoms with Gasteiger partial charge in [-0.15, -0.1) is 0 Å². The van der Waals surface area contributed by atoms with Gasteiger partial charge in [0.15, 0.2) is 5.69 Å². The number of carbonyl (C=O) groups is 3. The molecule has 7 rings (SSSR count). The number of imide groups is 1. The monoisotopic (exact) mass is 848 g/mol. The van der Waals surface area contributed by atoms with Crippen molar-refractivity contribution in [3.8, 4) is 5.75 Å². The maximum Gasteiger partial charge on any atom is 0.251 e. The smallest absolute Gasteiger partial charge is 0.251 e. The van der Waals surface area contributed by atoms with Gasteiger partial charge >= 0.3 is 0 Å². The van der Waals surface area contributed by atoms with Crippen molar-refractivity contribution in [2.45, 2.75) is 57.6 Å². The number of carbonyl (C=O) groups excluding carboxylic acids is 3. The van der Waals surface area contributed by atoms with Crippen molar-refractivity contribution in [2.24, 2.45) is 5.92 Å². The Morgan fingerprint density at radius 1 is 0.934 bits per heavy atom. The zero-order valence-corrected chi connectivity index (χ0v) is 35.5. The maximum atomic E-state index is 12.5. The summed E-state index contributed by atoms with van der Waals surface area (Å²) in [6, 6.07) is 20.0. The average Bonchev–Trinajstić information content (AvgIpc) is 3.26. The van der Waals surface area contributed by atoms with Gasteiger partial charge in [0.25, 0.3) is 5.91 Å². The molecule has 3 fully saturated rings. The second kappa shape index (κ2) is 20.3. The van der Waals surface area contributed by atoms with Gasteiger partial charge in [0.2, 0.25) is 17.8 Å². The number of piperazine rings is 1. The number of rotatable bonds is 16. The Morgan fingerprint density at radius 2 is 1.70 bits per heavy atom. The van der Waals surface area contributed by atoms with E-state index in [0.717, 1.165) is 93.7 Å². The van der Waals surface area contributed by atoms with E-state index < -0.39 is 6.04 Å². The zero-order valence-electron chi connectivity index (χ0n) is 34.7. The molecule has 5 heterocycles. The third kappa shape index (κ3) is 12.0. The van der Waals surface area contributed by atoms with Crippen LogP contribution in [0.3, 0.4) is 0 Å². The number of anilines is 3. The van der Waals surface area contributed by atoms with Crippen molar-refractivity contribution in [3.05, 3.63) is 106 Å². The summed E-state index contributed by atoms with van der Waals surface area (Å²) in [5, 5.41) is 8.64. The highest BCUT2D eigenvalue weighted by Crippen LogP contribution is 2.36. The normalized spacial score (nSPS) is 18.0. The minimum absolute atomic E-state index is 0.0775. The largest absolute Gasteiger partial charge is 0.487 e. The van der Waals surface area contributed by atoms with Crippen molar-refractivity contribution >= 4 is 52.6 Å². The van der Waals surface area contributed by atoms with Crippen LogP contribution in [0.4, 0.5) is 23.3 Å². The maximum absolute atomic E-state index is 12.5. The van der Waals surface area contributed by atoms with E-state index in [1.165, 1.54) is 0 Å². The Balaban J connectivity index is 0.767. The Hall–Kier alpha value is -5.66. The minimum atomic E-state index is -0.555. The van der Waals surface area contributed by atoms with Gasteiger partial charge in [0.05, 0.1) is 18.9 Å². The lowest BCUT2D eigenvalue weighted by Crippen LogP contribution is -2.49. The first-order chi connectivity index (χ1) is 29.5. The molecular weight excluding hydrogens is 796 g/mol. The highest BCUT2D eigenvalue weighted by Gasteiger charge is 2.28. The molecule has 61 heavy (non-hydrogen) atoms. The van der Waals surface area contributed by atoms with Crippen LogP contribution in [0.2, 0.25) is 5.02 Å². The van der Waals surface area contributed by atoms with Gasteiger partial charge in [-0.25, -0.2) is 19.8 Å². The lowest BCUT2D eigenvalue weighted by molar-refractivity contribution is -0.133. The summed E-state index contributed by atoms with van der Waals surface area (Å²) in [7, 11) is 0. The number of hydrogen-bond acceptors (Lipinski definition) is 12. The molecule has 320 valence electrons. The number of amides is 3. The third-order valence-corrected chi connectivity index (χ3v) is 11.9. The standard InChI is InChI=1S/C45H53ClN10O5/c1-45(2,33-25-34(46)27-36(26-33)47-3)32-7-9-37(10-8-32)61-29-35-13-16-48-44(49-35)56-21-19-55(20-22-56)28-31-14-17-54(18-15-31)23-24-60-30-42(58)52-40-6-4-5-39(51-40)50-38-11-12-41(57)53-43(38)59/h4-10,13,16,25-27,31,38H,11-12,14-15,17-24,28-30H2,1-2H3,(H,53,57,59)(H2,50,51,52,58). The summed E-state index contributed by atoms with van der Waals surface area (Å²) >= 11 is 6.31. The fraction of sp³-hybridized carbons (Fsp3) is 0.444. The molecule has 0 aliphatic carbocycles. The molecule has 3 aliphatic heterocycles. The number of ether oxygens (including phenoxy) is 2. The van der Waals surface area contributed by atoms with Crippen LogP contribution in [-0.4, -0.2) is 114 Å². The molecule has 0 bridgehead atoms. The van der Waals surface area contributed by atoms with E-state index in [4.69, 9.17) is 32.6 Å². The number of pyridine rings is 1. The van der Waals surface area contributed by atoms with Crippen LogP contribution in [0.1, 0.15) is 56.4 Å². The Bertz CT molecular complexity index is 2200. The molecule has 0 saturated carbocycles. The second-order valence-electron chi connectivity index (χ2n) is 16.3. The Morgan fingerprint density at radius 3 is 2.46 bits per heavy atom. The summed E-state index contributed by atoms with van der Waals surface area (Å²) in [5.74, 6) is 1.96. The third-order valence-electron chi connectivity index (χ3n) is 11.6. The lowest BCUT2D eigenvalue weighted by Gasteiger charge is -2.38. The summed E-state index contributed by atoms with van der Waals surface area (Å²) in [5.41, 5.74) is 3.09. The summed E-state index contributed by atoms with van der Waals surface area (Å²) in [4.78, 5) is 60.6. The van der Waals surface area contributed by atoms with Crippen molar-refractivity contribution in [1.29, 1.82) is 0 Å². The number of likely N-dealkylation sites (tertiary alicyclic amines) is 1. The summed E-state index contributed by atoms with van der Waals surface area (Å²) in [6.07, 6.45) is 4.72. The molecule has 3 aliphatic rings. The molecule has 0 radical (unpaired) electrons. The number of hydrogen-bond donors (Lipinski definition) is 3. The second-order valence-corrected chi connectivity index (χ2v) is 16.8. The molecule has 2 aromatic carbocycles. The highest BCUT2D eigenvalue weighted by atomic mass is 35.5. The van der Waals surface area contributed by atoms with Crippen molar-refractivity contribution in [2.75, 3.05) is 81.1 Å². The number of benzene rings is 2. The fourth-order valence-electron chi connectivity index (χ4n) is 7.93. The Kier molecular flexibility index (Phi) is 14.4. The average molecular weight is 849 g/mol. The van der Waals surface area contributed by atoms with E-state index in [0.29, 0.717) is 47.9 Å². The van der Waals surface area contributed by atoms with Gasteiger partial charge in [-0.3, -0.25) is 24.6 Å². The number of piperidine rings is 2. The molecule has 1 unspecified atom stereocenters. The molecule has 3 N–H and O–H groups in total. The molecule has 3 amide bonds. The van der Waals surface area contributed by atoms with E-state index >= 15 is 0 Å². The van der Waals surface area contributed by atoms with Crippen LogP contribution >= 0.6 is 11.6 Å². The van der Waals surface area contributed by atoms with Crippen LogP contribution in [0.5, 0.6) is 5.75 Å². The van der Waals surface area contributed by atoms with E-state index in [9.17, 15) is 14.4 Å². The SMILES string of the molecule is [C-]#[N+]c1cc(Cl)cc(C(C)(C)c2ccc(OCc3ccnc(N4CCN(CC5CCN(CCOCC(=O)Nc6cccc(NC7CCC(=O)NC7=O)n6)CC5)CC4)n3)cc2)c1. The summed E-state index contributed by atoms with van der Waals surface area (Å²) < 4.78 is 11.8. The highest BCUT2D eigenvalue weighted by molar-refractivity contribution is 6.31. The quantitative estimate of drug-likeness (QED) is 0.0721. The molecule has 2 aromatic heterocycles. The molecular formula is C45H53ClN10O5. The molecule has 16 heteroatoms. The fourth-order valence-corrected chi connectivity index (χ4v) is 8.16. The predicted molar refractivity (Wildman–Crippen MR) is 234 cm³/mol. The van der Waals surface area contributed by atoms with Crippen LogP contribution in [0.25, 0.3) is 4.85 Å². The number of nitrogens with one attached hydrogen (secondary N) is 3. The molecule has 3 saturated heterocycles. The van der Waals surface area contributed by atoms with Gasteiger partial charge in [-0.05, 0) is 91.9 Å². The number of halogens is 1. The van der Waals surface area contributed by atoms with Crippen molar-refractivity contribution in [1.82, 2.24) is 30.1 Å². The van der Waals surface area contributed by atoms with Crippen LogP contribution in [0.15, 0.2) is 72.9 Å². The first kappa shape index (κ1) is 43.4. The van der Waals surface area contributed by atoms with Gasteiger partial charge in [0.1, 0.15) is 36.6 Å². The van der Waals surface area contributed by atoms with E-state index in [-0.39, 0.29) is 36.2 Å². The predicted octanol–water partition coefficient (Wildman–Crippen LogP) is 5.69. The topological polar surface area (TPSA) is 159 Å². The summed E-state index contributed by atoms with van der Waals surface area (Å²) in [6.45, 7) is 19.9. The molecule has 4 aromatic rings. The molecule has 1 atom stereocenters.